The van der Waals surface area contributed by atoms with E-state index in [1.54, 1.807) is 6.26 Å². The molecule has 23 heavy (non-hydrogen) atoms. The van der Waals surface area contributed by atoms with E-state index in [1.165, 1.54) is 0 Å². The zero-order chi connectivity index (χ0) is 15.8. The molecule has 4 rings (SSSR count). The average molecular weight is 316 g/mol. The Labute approximate surface area is 136 Å². The normalized spacial score (nSPS) is 27.4. The number of nitrogens with zero attached hydrogens (tertiary/aromatic N) is 1. The molecule has 1 aliphatic heterocycles. The molecule has 0 bridgehead atoms. The molecular weight excluding hydrogens is 292 g/mol. The third-order valence-electron chi connectivity index (χ3n) is 5.40. The van der Waals surface area contributed by atoms with Gasteiger partial charge in [-0.25, -0.2) is 0 Å². The van der Waals surface area contributed by atoms with Gasteiger partial charge in [0.25, 0.3) is 0 Å². The summed E-state index contributed by atoms with van der Waals surface area (Å²) in [6.45, 7) is 1.40. The fourth-order valence-electron chi connectivity index (χ4n) is 3.91. The van der Waals surface area contributed by atoms with Gasteiger partial charge in [0.15, 0.2) is 0 Å². The maximum absolute atomic E-state index is 12.7. The molecule has 2 unspecified atom stereocenters. The van der Waals surface area contributed by atoms with Crippen molar-refractivity contribution in [3.8, 4) is 0 Å². The molecular formula is C18H24N2O3. The Morgan fingerprint density at radius 2 is 2.00 bits per heavy atom. The summed E-state index contributed by atoms with van der Waals surface area (Å²) in [6, 6.07) is 2.04. The van der Waals surface area contributed by atoms with Gasteiger partial charge in [0.1, 0.15) is 5.76 Å². The molecule has 124 valence electrons. The highest BCUT2D eigenvalue weighted by Crippen LogP contribution is 2.33. The van der Waals surface area contributed by atoms with E-state index in [4.69, 9.17) is 4.42 Å². The average Bonchev–Trinajstić information content (AvgIpc) is 3.31. The first-order valence-corrected chi connectivity index (χ1v) is 8.88. The van der Waals surface area contributed by atoms with Crippen LogP contribution in [0, 0.1) is 11.8 Å². The Morgan fingerprint density at radius 3 is 2.83 bits per heavy atom. The van der Waals surface area contributed by atoms with E-state index in [-0.39, 0.29) is 29.7 Å². The number of hydrogen-bond donors (Lipinski definition) is 1. The van der Waals surface area contributed by atoms with Crippen molar-refractivity contribution in [2.24, 2.45) is 11.8 Å². The second-order valence-electron chi connectivity index (χ2n) is 7.15. The highest BCUT2D eigenvalue weighted by Gasteiger charge is 2.37. The molecule has 1 aromatic heterocycles. The van der Waals surface area contributed by atoms with Crippen LogP contribution in [-0.2, 0) is 16.0 Å². The molecule has 1 N–H and O–H groups in total. The molecule has 5 heteroatoms. The maximum atomic E-state index is 12.7. The first kappa shape index (κ1) is 14.8. The number of hydrogen-bond acceptors (Lipinski definition) is 3. The molecule has 5 nitrogen and oxygen atoms in total. The molecule has 1 saturated carbocycles. The Morgan fingerprint density at radius 1 is 1.13 bits per heavy atom. The van der Waals surface area contributed by atoms with Crippen LogP contribution in [0.4, 0.5) is 0 Å². The largest absolute Gasteiger partial charge is 0.469 e. The van der Waals surface area contributed by atoms with Gasteiger partial charge in [0, 0.05) is 31.0 Å². The standard InChI is InChI=1S/C18H24N2O3/c21-17(19-15-4-1-5-16-14(15)8-10-23-16)13-3-2-9-20(11-13)18(22)12-6-7-12/h8,10,12-13,15H,1-7,9,11H2,(H,19,21). The minimum atomic E-state index is -0.0660. The van der Waals surface area contributed by atoms with Gasteiger partial charge in [-0.1, -0.05) is 0 Å². The molecule has 3 aliphatic rings. The number of aryl methyl sites for hydroxylation is 1. The van der Waals surface area contributed by atoms with Crippen LogP contribution in [-0.4, -0.2) is 29.8 Å². The number of rotatable bonds is 3. The summed E-state index contributed by atoms with van der Waals surface area (Å²) < 4.78 is 5.49. The van der Waals surface area contributed by atoms with E-state index >= 15 is 0 Å². The monoisotopic (exact) mass is 316 g/mol. The first-order chi connectivity index (χ1) is 11.2. The van der Waals surface area contributed by atoms with Crippen molar-refractivity contribution >= 4 is 11.8 Å². The number of amides is 2. The molecule has 2 heterocycles. The fourth-order valence-corrected chi connectivity index (χ4v) is 3.91. The lowest BCUT2D eigenvalue weighted by Gasteiger charge is -2.33. The number of carbonyl (C=O) groups excluding carboxylic acids is 2. The molecule has 2 fully saturated rings. The molecule has 2 amide bonds. The van der Waals surface area contributed by atoms with Gasteiger partial charge in [0.2, 0.25) is 11.8 Å². The zero-order valence-corrected chi connectivity index (χ0v) is 13.4. The van der Waals surface area contributed by atoms with Gasteiger partial charge in [-0.2, -0.15) is 0 Å². The third kappa shape index (κ3) is 3.01. The Bertz CT molecular complexity index is 605. The van der Waals surface area contributed by atoms with E-state index in [2.05, 4.69) is 5.32 Å². The van der Waals surface area contributed by atoms with Crippen LogP contribution in [0.15, 0.2) is 16.7 Å². The molecule has 0 spiro atoms. The van der Waals surface area contributed by atoms with E-state index in [1.807, 2.05) is 11.0 Å². The summed E-state index contributed by atoms with van der Waals surface area (Å²) in [5, 5.41) is 3.20. The Balaban J connectivity index is 1.38. The number of nitrogens with one attached hydrogen (secondary N) is 1. The smallest absolute Gasteiger partial charge is 0.225 e. The van der Waals surface area contributed by atoms with E-state index < -0.39 is 0 Å². The third-order valence-corrected chi connectivity index (χ3v) is 5.40. The molecule has 1 saturated heterocycles. The summed E-state index contributed by atoms with van der Waals surface area (Å²) in [6.07, 6.45) is 8.55. The number of carbonyl (C=O) groups is 2. The van der Waals surface area contributed by atoms with Gasteiger partial charge in [0.05, 0.1) is 18.2 Å². The van der Waals surface area contributed by atoms with Crippen molar-refractivity contribution in [2.75, 3.05) is 13.1 Å². The first-order valence-electron chi connectivity index (χ1n) is 8.88. The topological polar surface area (TPSA) is 62.6 Å². The fraction of sp³-hybridized carbons (Fsp3) is 0.667. The Hall–Kier alpha value is -1.78. The lowest BCUT2D eigenvalue weighted by atomic mass is 9.91. The van der Waals surface area contributed by atoms with E-state index in [9.17, 15) is 9.59 Å². The van der Waals surface area contributed by atoms with Crippen LogP contribution in [0.3, 0.4) is 0 Å². The number of piperidine rings is 1. The van der Waals surface area contributed by atoms with Gasteiger partial charge < -0.3 is 14.6 Å². The molecule has 2 aliphatic carbocycles. The van der Waals surface area contributed by atoms with Gasteiger partial charge in [-0.15, -0.1) is 0 Å². The lowest BCUT2D eigenvalue weighted by molar-refractivity contribution is -0.137. The van der Waals surface area contributed by atoms with Crippen LogP contribution in [0.2, 0.25) is 0 Å². The summed E-state index contributed by atoms with van der Waals surface area (Å²) in [7, 11) is 0. The second kappa shape index (κ2) is 6.02. The van der Waals surface area contributed by atoms with Crippen LogP contribution in [0.1, 0.15) is 55.9 Å². The quantitative estimate of drug-likeness (QED) is 0.931. The highest BCUT2D eigenvalue weighted by molar-refractivity contribution is 5.83. The lowest BCUT2D eigenvalue weighted by Crippen LogP contribution is -2.46. The zero-order valence-electron chi connectivity index (χ0n) is 13.4. The van der Waals surface area contributed by atoms with Crippen molar-refractivity contribution in [1.29, 1.82) is 0 Å². The summed E-state index contributed by atoms with van der Waals surface area (Å²) in [5.74, 6) is 1.54. The molecule has 2 atom stereocenters. The summed E-state index contributed by atoms with van der Waals surface area (Å²) in [5.41, 5.74) is 1.13. The van der Waals surface area contributed by atoms with Gasteiger partial charge in [-0.05, 0) is 44.6 Å². The van der Waals surface area contributed by atoms with Crippen LogP contribution in [0.25, 0.3) is 0 Å². The number of likely N-dealkylation sites (tertiary alicyclic amines) is 1. The Kier molecular flexibility index (Phi) is 3.87. The van der Waals surface area contributed by atoms with Crippen LogP contribution >= 0.6 is 0 Å². The van der Waals surface area contributed by atoms with Crippen molar-refractivity contribution in [3.63, 3.8) is 0 Å². The van der Waals surface area contributed by atoms with Crippen molar-refractivity contribution in [3.05, 3.63) is 23.7 Å². The predicted octanol–water partition coefficient (Wildman–Crippen LogP) is 2.42. The van der Waals surface area contributed by atoms with Gasteiger partial charge >= 0.3 is 0 Å². The van der Waals surface area contributed by atoms with Crippen molar-refractivity contribution < 1.29 is 14.0 Å². The maximum Gasteiger partial charge on any atom is 0.225 e. The SMILES string of the molecule is O=C(NC1CCCc2occc21)C1CCCN(C(=O)C2CC2)C1. The van der Waals surface area contributed by atoms with Crippen molar-refractivity contribution in [2.45, 2.75) is 51.0 Å². The van der Waals surface area contributed by atoms with Crippen LogP contribution < -0.4 is 5.32 Å². The molecule has 0 aromatic carbocycles. The highest BCUT2D eigenvalue weighted by atomic mass is 16.3. The minimum Gasteiger partial charge on any atom is -0.469 e. The van der Waals surface area contributed by atoms with E-state index in [0.29, 0.717) is 6.54 Å². The predicted molar refractivity (Wildman–Crippen MR) is 84.6 cm³/mol. The number of fused-ring (bicyclic) bond motifs is 1. The molecule has 0 radical (unpaired) electrons. The molecule has 1 aromatic rings. The van der Waals surface area contributed by atoms with Crippen molar-refractivity contribution in [1.82, 2.24) is 10.2 Å². The summed E-state index contributed by atoms with van der Waals surface area (Å²) >= 11 is 0. The second-order valence-corrected chi connectivity index (χ2v) is 7.15. The van der Waals surface area contributed by atoms with E-state index in [0.717, 1.165) is 62.8 Å². The van der Waals surface area contributed by atoms with Crippen LogP contribution in [0.5, 0.6) is 0 Å². The minimum absolute atomic E-state index is 0.0660. The van der Waals surface area contributed by atoms with Gasteiger partial charge in [-0.3, -0.25) is 9.59 Å². The summed E-state index contributed by atoms with van der Waals surface area (Å²) in [4.78, 5) is 26.8. The number of furan rings is 1.